The number of hydrogen-bond acceptors (Lipinski definition) is 1. The van der Waals surface area contributed by atoms with Gasteiger partial charge >= 0.3 is 0 Å². The number of nitrogens with zero attached hydrogens (tertiary/aromatic N) is 1. The average Bonchev–Trinajstić information content (AvgIpc) is 2.46. The molecular weight excluding hydrogens is 266 g/mol. The summed E-state index contributed by atoms with van der Waals surface area (Å²) in [5.74, 6) is 0.404. The lowest BCUT2D eigenvalue weighted by Crippen LogP contribution is -2.35. The van der Waals surface area contributed by atoms with Gasteiger partial charge < -0.3 is 4.90 Å². The van der Waals surface area contributed by atoms with Gasteiger partial charge in [0.25, 0.3) is 0 Å². The number of benzene rings is 2. The first kappa shape index (κ1) is 13.7. The molecule has 0 N–H and O–H groups in total. The van der Waals surface area contributed by atoms with Crippen LogP contribution in [0.25, 0.3) is 0 Å². The molecule has 0 saturated heterocycles. The van der Waals surface area contributed by atoms with Crippen molar-refractivity contribution in [1.82, 2.24) is 4.90 Å². The predicted octanol–water partition coefficient (Wildman–Crippen LogP) is 4.35. The van der Waals surface area contributed by atoms with Gasteiger partial charge in [-0.3, -0.25) is 0 Å². The smallest absolute Gasteiger partial charge is 0.0444 e. The van der Waals surface area contributed by atoms with E-state index in [4.69, 9.17) is 11.6 Å². The molecule has 104 valence electrons. The van der Waals surface area contributed by atoms with Crippen LogP contribution in [-0.4, -0.2) is 25.0 Å². The van der Waals surface area contributed by atoms with E-state index in [1.54, 1.807) is 0 Å². The Morgan fingerprint density at radius 3 is 2.30 bits per heavy atom. The van der Waals surface area contributed by atoms with E-state index in [9.17, 15) is 0 Å². The molecule has 2 atom stereocenters. The minimum atomic E-state index is 0.404. The molecule has 1 aliphatic carbocycles. The number of rotatable bonds is 2. The molecule has 0 aromatic heterocycles. The van der Waals surface area contributed by atoms with Crippen LogP contribution in [0.1, 0.15) is 29.0 Å². The van der Waals surface area contributed by atoms with Crippen LogP contribution in [0.4, 0.5) is 0 Å². The Morgan fingerprint density at radius 1 is 0.950 bits per heavy atom. The molecule has 2 aromatic rings. The number of fused-ring (bicyclic) bond motifs is 1. The van der Waals surface area contributed by atoms with Gasteiger partial charge in [-0.15, -0.1) is 0 Å². The Balaban J connectivity index is 2.07. The van der Waals surface area contributed by atoms with Crippen molar-refractivity contribution in [3.63, 3.8) is 0 Å². The van der Waals surface area contributed by atoms with E-state index in [2.05, 4.69) is 55.4 Å². The fraction of sp³-hybridized carbons (Fsp3) is 0.333. The van der Waals surface area contributed by atoms with Gasteiger partial charge in [0.15, 0.2) is 0 Å². The third-order valence-electron chi connectivity index (χ3n) is 4.40. The van der Waals surface area contributed by atoms with E-state index in [1.807, 2.05) is 12.1 Å². The number of hydrogen-bond donors (Lipinski definition) is 0. The highest BCUT2D eigenvalue weighted by Crippen LogP contribution is 2.40. The largest absolute Gasteiger partial charge is 0.306 e. The van der Waals surface area contributed by atoms with E-state index in [0.29, 0.717) is 12.0 Å². The van der Waals surface area contributed by atoms with Crippen molar-refractivity contribution in [1.29, 1.82) is 0 Å². The van der Waals surface area contributed by atoms with Crippen LogP contribution in [0, 0.1) is 0 Å². The molecule has 1 nitrogen and oxygen atoms in total. The lowest BCUT2D eigenvalue weighted by molar-refractivity contribution is 0.258. The van der Waals surface area contributed by atoms with Crippen molar-refractivity contribution >= 4 is 11.6 Å². The van der Waals surface area contributed by atoms with Gasteiger partial charge in [-0.05, 0) is 49.7 Å². The maximum atomic E-state index is 6.44. The molecule has 0 heterocycles. The fourth-order valence-corrected chi connectivity index (χ4v) is 3.51. The van der Waals surface area contributed by atoms with Crippen LogP contribution in [0.2, 0.25) is 5.02 Å². The van der Waals surface area contributed by atoms with Crippen LogP contribution >= 0.6 is 11.6 Å². The molecule has 0 spiro atoms. The molecule has 20 heavy (non-hydrogen) atoms. The summed E-state index contributed by atoms with van der Waals surface area (Å²) in [6.45, 7) is 0. The van der Waals surface area contributed by atoms with Crippen LogP contribution in [-0.2, 0) is 6.42 Å². The summed E-state index contributed by atoms with van der Waals surface area (Å²) in [6, 6.07) is 17.6. The topological polar surface area (TPSA) is 3.24 Å². The third kappa shape index (κ3) is 2.48. The molecular formula is C18H20ClN. The monoisotopic (exact) mass is 285 g/mol. The van der Waals surface area contributed by atoms with Crippen LogP contribution in [0.3, 0.4) is 0 Å². The second-order valence-electron chi connectivity index (χ2n) is 5.83. The Kier molecular flexibility index (Phi) is 3.82. The maximum Gasteiger partial charge on any atom is 0.0444 e. The Hall–Kier alpha value is -1.31. The van der Waals surface area contributed by atoms with Crippen LogP contribution in [0.5, 0.6) is 0 Å². The Bertz CT molecular complexity index is 606. The van der Waals surface area contributed by atoms with Gasteiger partial charge in [0, 0.05) is 17.0 Å². The van der Waals surface area contributed by atoms with Crippen molar-refractivity contribution in [2.24, 2.45) is 0 Å². The lowest BCUT2D eigenvalue weighted by Gasteiger charge is -2.35. The summed E-state index contributed by atoms with van der Waals surface area (Å²) < 4.78 is 0. The fourth-order valence-electron chi connectivity index (χ4n) is 3.24. The summed E-state index contributed by atoms with van der Waals surface area (Å²) in [6.07, 6.45) is 2.26. The van der Waals surface area contributed by atoms with Gasteiger partial charge in [-0.2, -0.15) is 0 Å². The predicted molar refractivity (Wildman–Crippen MR) is 85.5 cm³/mol. The minimum absolute atomic E-state index is 0.404. The highest BCUT2D eigenvalue weighted by atomic mass is 35.5. The SMILES string of the molecule is CN(C)C1Cc2ccccc2C(c2ccccc2Cl)C1. The Labute approximate surface area is 126 Å². The van der Waals surface area contributed by atoms with Crippen molar-refractivity contribution in [3.8, 4) is 0 Å². The first-order valence-electron chi connectivity index (χ1n) is 7.15. The van der Waals surface area contributed by atoms with Gasteiger partial charge in [0.2, 0.25) is 0 Å². The first-order valence-corrected chi connectivity index (χ1v) is 7.53. The molecule has 1 aliphatic rings. The molecule has 0 aliphatic heterocycles. The van der Waals surface area contributed by atoms with Gasteiger partial charge in [0.05, 0.1) is 0 Å². The van der Waals surface area contributed by atoms with Crippen molar-refractivity contribution < 1.29 is 0 Å². The van der Waals surface area contributed by atoms with Gasteiger partial charge in [-0.25, -0.2) is 0 Å². The standard InChI is InChI=1S/C18H20ClN/c1-20(2)14-11-13-7-3-4-8-15(13)17(12-14)16-9-5-6-10-18(16)19/h3-10,14,17H,11-12H2,1-2H3. The van der Waals surface area contributed by atoms with Crippen LogP contribution in [0.15, 0.2) is 48.5 Å². The second-order valence-corrected chi connectivity index (χ2v) is 6.24. The van der Waals surface area contributed by atoms with Crippen molar-refractivity contribution in [2.45, 2.75) is 24.8 Å². The van der Waals surface area contributed by atoms with E-state index in [1.165, 1.54) is 16.7 Å². The third-order valence-corrected chi connectivity index (χ3v) is 4.75. The first-order chi connectivity index (χ1) is 9.66. The molecule has 0 fully saturated rings. The number of likely N-dealkylation sites (N-methyl/N-ethyl adjacent to an activating group) is 1. The van der Waals surface area contributed by atoms with Gasteiger partial charge in [0.1, 0.15) is 0 Å². The lowest BCUT2D eigenvalue weighted by atomic mass is 9.76. The zero-order valence-electron chi connectivity index (χ0n) is 12.0. The zero-order valence-corrected chi connectivity index (χ0v) is 12.8. The van der Waals surface area contributed by atoms with Gasteiger partial charge in [-0.1, -0.05) is 54.1 Å². The highest BCUT2D eigenvalue weighted by molar-refractivity contribution is 6.31. The molecule has 0 bridgehead atoms. The highest BCUT2D eigenvalue weighted by Gasteiger charge is 2.29. The van der Waals surface area contributed by atoms with Crippen LogP contribution < -0.4 is 0 Å². The van der Waals surface area contributed by atoms with E-state index in [-0.39, 0.29) is 0 Å². The van der Waals surface area contributed by atoms with Crippen molar-refractivity contribution in [3.05, 3.63) is 70.2 Å². The van der Waals surface area contributed by atoms with E-state index >= 15 is 0 Å². The molecule has 2 heteroatoms. The molecule has 3 rings (SSSR count). The normalized spacial score (nSPS) is 21.8. The van der Waals surface area contributed by atoms with Crippen molar-refractivity contribution in [2.75, 3.05) is 14.1 Å². The minimum Gasteiger partial charge on any atom is -0.306 e. The summed E-state index contributed by atoms with van der Waals surface area (Å²) in [5, 5.41) is 0.881. The summed E-state index contributed by atoms with van der Waals surface area (Å²) in [7, 11) is 4.34. The molecule has 0 radical (unpaired) electrons. The van der Waals surface area contributed by atoms with E-state index in [0.717, 1.165) is 17.9 Å². The molecule has 2 aromatic carbocycles. The molecule has 0 amide bonds. The summed E-state index contributed by atoms with van der Waals surface area (Å²) in [5.41, 5.74) is 4.16. The maximum absolute atomic E-state index is 6.44. The number of halogens is 1. The quantitative estimate of drug-likeness (QED) is 0.793. The summed E-state index contributed by atoms with van der Waals surface area (Å²) >= 11 is 6.44. The average molecular weight is 286 g/mol. The Morgan fingerprint density at radius 2 is 1.60 bits per heavy atom. The summed E-state index contributed by atoms with van der Waals surface area (Å²) in [4.78, 5) is 2.33. The molecule has 2 unspecified atom stereocenters. The second kappa shape index (κ2) is 5.59. The van der Waals surface area contributed by atoms with E-state index < -0.39 is 0 Å². The zero-order chi connectivity index (χ0) is 14.1. The molecule has 0 saturated carbocycles.